The molecule has 0 aliphatic rings. The molecule has 3 nitrogen and oxygen atoms in total. The van der Waals surface area contributed by atoms with Crippen LogP contribution in [0.1, 0.15) is 12.6 Å². The fourth-order valence-corrected chi connectivity index (χ4v) is 2.95. The van der Waals surface area contributed by atoms with Crippen LogP contribution in [0.3, 0.4) is 0 Å². The van der Waals surface area contributed by atoms with Crippen LogP contribution in [0.25, 0.3) is 21.4 Å². The lowest BCUT2D eigenvalue weighted by Crippen LogP contribution is -2.12. The zero-order chi connectivity index (χ0) is 12.4. The minimum Gasteiger partial charge on any atom is -0.443 e. The maximum Gasteiger partial charge on any atom is 0.181 e. The number of hydrogen-bond donors (Lipinski definition) is 1. The fraction of sp³-hybridized carbons (Fsp3) is 0.214. The molecule has 0 radical (unpaired) electrons. The first-order valence-electron chi connectivity index (χ1n) is 6.00. The Morgan fingerprint density at radius 2 is 2.22 bits per heavy atom. The zero-order valence-electron chi connectivity index (χ0n) is 10.1. The van der Waals surface area contributed by atoms with Gasteiger partial charge in [0.05, 0.1) is 0 Å². The van der Waals surface area contributed by atoms with Crippen LogP contribution < -0.4 is 5.32 Å². The first kappa shape index (κ1) is 11.4. The summed E-state index contributed by atoms with van der Waals surface area (Å²) >= 11 is 1.74. The third kappa shape index (κ3) is 1.94. The SMILES string of the molecule is CCNCc1ncoc1-c1csc2ccccc12. The Balaban J connectivity index is 2.06. The van der Waals surface area contributed by atoms with E-state index in [1.54, 1.807) is 11.3 Å². The van der Waals surface area contributed by atoms with Crippen molar-refractivity contribution < 1.29 is 4.42 Å². The first-order valence-corrected chi connectivity index (χ1v) is 6.87. The van der Waals surface area contributed by atoms with Crippen LogP contribution in [0.5, 0.6) is 0 Å². The molecular formula is C14H14N2OS. The molecule has 0 saturated heterocycles. The van der Waals surface area contributed by atoms with Crippen molar-refractivity contribution in [3.63, 3.8) is 0 Å². The van der Waals surface area contributed by atoms with E-state index in [1.165, 1.54) is 16.5 Å². The molecule has 1 aromatic carbocycles. The number of fused-ring (bicyclic) bond motifs is 1. The number of benzene rings is 1. The molecule has 0 amide bonds. The summed E-state index contributed by atoms with van der Waals surface area (Å²) in [5.74, 6) is 0.883. The van der Waals surface area contributed by atoms with Crippen LogP contribution in [-0.2, 0) is 6.54 Å². The van der Waals surface area contributed by atoms with Gasteiger partial charge in [-0.1, -0.05) is 25.1 Å². The third-order valence-corrected chi connectivity index (χ3v) is 3.87. The van der Waals surface area contributed by atoms with E-state index in [9.17, 15) is 0 Å². The van der Waals surface area contributed by atoms with E-state index in [4.69, 9.17) is 4.42 Å². The van der Waals surface area contributed by atoms with Crippen molar-refractivity contribution in [1.29, 1.82) is 0 Å². The number of rotatable bonds is 4. The number of nitrogens with zero attached hydrogens (tertiary/aromatic N) is 1. The largest absolute Gasteiger partial charge is 0.443 e. The van der Waals surface area contributed by atoms with Gasteiger partial charge in [0.25, 0.3) is 0 Å². The number of oxazole rings is 1. The number of hydrogen-bond acceptors (Lipinski definition) is 4. The van der Waals surface area contributed by atoms with Gasteiger partial charge < -0.3 is 9.73 Å². The second-order valence-electron chi connectivity index (χ2n) is 4.05. The lowest BCUT2D eigenvalue weighted by atomic mass is 10.1. The Hall–Kier alpha value is -1.65. The normalized spacial score (nSPS) is 11.2. The van der Waals surface area contributed by atoms with Crippen molar-refractivity contribution in [3.05, 3.63) is 41.7 Å². The quantitative estimate of drug-likeness (QED) is 0.776. The summed E-state index contributed by atoms with van der Waals surface area (Å²) in [6.45, 7) is 3.75. The molecule has 0 fully saturated rings. The molecule has 0 atom stereocenters. The standard InChI is InChI=1S/C14H14N2OS/c1-2-15-7-12-14(17-9-16-12)11-8-18-13-6-4-3-5-10(11)13/h3-6,8-9,15H,2,7H2,1H3. The van der Waals surface area contributed by atoms with Gasteiger partial charge >= 0.3 is 0 Å². The van der Waals surface area contributed by atoms with Crippen LogP contribution in [0, 0.1) is 0 Å². The molecule has 0 aliphatic heterocycles. The van der Waals surface area contributed by atoms with Gasteiger partial charge in [-0.15, -0.1) is 11.3 Å². The van der Waals surface area contributed by atoms with Crippen LogP contribution in [0.2, 0.25) is 0 Å². The minimum atomic E-state index is 0.743. The fourth-order valence-electron chi connectivity index (χ4n) is 2.01. The summed E-state index contributed by atoms with van der Waals surface area (Å²) < 4.78 is 6.85. The summed E-state index contributed by atoms with van der Waals surface area (Å²) in [6, 6.07) is 8.37. The topological polar surface area (TPSA) is 38.1 Å². The van der Waals surface area contributed by atoms with Crippen LogP contribution in [0.15, 0.2) is 40.5 Å². The smallest absolute Gasteiger partial charge is 0.181 e. The molecule has 0 spiro atoms. The monoisotopic (exact) mass is 258 g/mol. The molecule has 0 unspecified atom stereocenters. The van der Waals surface area contributed by atoms with Gasteiger partial charge in [-0.2, -0.15) is 0 Å². The van der Waals surface area contributed by atoms with Crippen molar-refractivity contribution in [2.24, 2.45) is 0 Å². The van der Waals surface area contributed by atoms with Gasteiger partial charge in [0.15, 0.2) is 12.2 Å². The Morgan fingerprint density at radius 3 is 3.11 bits per heavy atom. The van der Waals surface area contributed by atoms with Gasteiger partial charge in [0.1, 0.15) is 5.69 Å². The molecule has 92 valence electrons. The highest BCUT2D eigenvalue weighted by atomic mass is 32.1. The van der Waals surface area contributed by atoms with E-state index < -0.39 is 0 Å². The van der Waals surface area contributed by atoms with E-state index in [0.29, 0.717) is 0 Å². The van der Waals surface area contributed by atoms with E-state index in [-0.39, 0.29) is 0 Å². The highest BCUT2D eigenvalue weighted by molar-refractivity contribution is 7.17. The first-order chi connectivity index (χ1) is 8.90. The summed E-state index contributed by atoms with van der Waals surface area (Å²) in [4.78, 5) is 4.29. The second kappa shape index (κ2) is 4.92. The highest BCUT2D eigenvalue weighted by Gasteiger charge is 2.14. The Morgan fingerprint density at radius 1 is 1.33 bits per heavy atom. The van der Waals surface area contributed by atoms with E-state index in [0.717, 1.165) is 30.1 Å². The lowest BCUT2D eigenvalue weighted by Gasteiger charge is -2.00. The minimum absolute atomic E-state index is 0.743. The number of aromatic nitrogens is 1. The average Bonchev–Trinajstić information content (AvgIpc) is 3.02. The van der Waals surface area contributed by atoms with E-state index in [2.05, 4.69) is 46.9 Å². The molecule has 4 heteroatoms. The van der Waals surface area contributed by atoms with Crippen molar-refractivity contribution in [3.8, 4) is 11.3 Å². The summed E-state index contributed by atoms with van der Waals surface area (Å²) in [6.07, 6.45) is 1.52. The molecule has 3 aromatic rings. The predicted octanol–water partition coefficient (Wildman–Crippen LogP) is 3.67. The Bertz CT molecular complexity index is 656. The number of nitrogens with one attached hydrogen (secondary N) is 1. The Labute approximate surface area is 109 Å². The molecule has 3 rings (SSSR count). The van der Waals surface area contributed by atoms with Gasteiger partial charge in [-0.3, -0.25) is 0 Å². The molecule has 18 heavy (non-hydrogen) atoms. The summed E-state index contributed by atoms with van der Waals surface area (Å²) in [7, 11) is 0. The molecule has 0 saturated carbocycles. The second-order valence-corrected chi connectivity index (χ2v) is 4.97. The van der Waals surface area contributed by atoms with Crippen molar-refractivity contribution >= 4 is 21.4 Å². The molecule has 2 aromatic heterocycles. The van der Waals surface area contributed by atoms with E-state index in [1.807, 2.05) is 0 Å². The van der Waals surface area contributed by atoms with Crippen LogP contribution in [0.4, 0.5) is 0 Å². The van der Waals surface area contributed by atoms with Crippen LogP contribution >= 0.6 is 11.3 Å². The van der Waals surface area contributed by atoms with Gasteiger partial charge in [0.2, 0.25) is 0 Å². The summed E-state index contributed by atoms with van der Waals surface area (Å²) in [5.41, 5.74) is 2.11. The van der Waals surface area contributed by atoms with Gasteiger partial charge in [-0.05, 0) is 12.6 Å². The van der Waals surface area contributed by atoms with E-state index >= 15 is 0 Å². The van der Waals surface area contributed by atoms with Gasteiger partial charge in [0, 0.05) is 27.6 Å². The Kier molecular flexibility index (Phi) is 3.13. The highest BCUT2D eigenvalue weighted by Crippen LogP contribution is 2.35. The molecule has 0 aliphatic carbocycles. The van der Waals surface area contributed by atoms with Crippen molar-refractivity contribution in [2.45, 2.75) is 13.5 Å². The zero-order valence-corrected chi connectivity index (χ0v) is 11.0. The molecule has 2 heterocycles. The molecule has 1 N–H and O–H groups in total. The summed E-state index contributed by atoms with van der Waals surface area (Å²) in [5, 5.41) is 6.65. The average molecular weight is 258 g/mol. The van der Waals surface area contributed by atoms with Crippen molar-refractivity contribution in [2.75, 3.05) is 6.54 Å². The maximum atomic E-state index is 5.57. The lowest BCUT2D eigenvalue weighted by molar-refractivity contribution is 0.570. The maximum absolute atomic E-state index is 5.57. The van der Waals surface area contributed by atoms with Crippen molar-refractivity contribution in [1.82, 2.24) is 10.3 Å². The molecule has 0 bridgehead atoms. The van der Waals surface area contributed by atoms with Crippen LogP contribution in [-0.4, -0.2) is 11.5 Å². The van der Waals surface area contributed by atoms with Gasteiger partial charge in [-0.25, -0.2) is 4.98 Å². The predicted molar refractivity (Wildman–Crippen MR) is 74.7 cm³/mol. The third-order valence-electron chi connectivity index (χ3n) is 2.91. The number of thiophene rings is 1. The molecular weight excluding hydrogens is 244 g/mol.